The minimum absolute atomic E-state index is 0.448. The number of ether oxygens (including phenoxy) is 1. The lowest BCUT2D eigenvalue weighted by atomic mass is 9.95. The normalized spacial score (nSPS) is 13.2. The first-order chi connectivity index (χ1) is 7.77. The van der Waals surface area contributed by atoms with Crippen molar-refractivity contribution >= 4 is 0 Å². The molecular weight excluding hydrogens is 202 g/mol. The van der Waals surface area contributed by atoms with Crippen LogP contribution >= 0.6 is 0 Å². The Bertz CT molecular complexity index is 528. The lowest BCUT2D eigenvalue weighted by molar-refractivity contribution is 0.297. The van der Waals surface area contributed by atoms with Gasteiger partial charge in [-0.05, 0) is 17.5 Å². The Hall–Kier alpha value is -1.77. The highest BCUT2D eigenvalue weighted by molar-refractivity contribution is 5.73. The van der Waals surface area contributed by atoms with E-state index in [1.165, 1.54) is 5.56 Å². The number of hydrogen-bond donors (Lipinski definition) is 0. The number of nitrogens with zero attached hydrogens (tertiary/aromatic N) is 1. The molecule has 3 nitrogen and oxygen atoms in total. The van der Waals surface area contributed by atoms with Crippen LogP contribution in [0.1, 0.15) is 30.9 Å². The molecule has 0 spiro atoms. The smallest absolute Gasteiger partial charge is 0.132 e. The molecule has 16 heavy (non-hydrogen) atoms. The third-order valence-electron chi connectivity index (χ3n) is 2.94. The van der Waals surface area contributed by atoms with Crippen LogP contribution in [-0.4, -0.2) is 5.16 Å². The fourth-order valence-electron chi connectivity index (χ4n) is 2.09. The van der Waals surface area contributed by atoms with Crippen LogP contribution in [0, 0.1) is 0 Å². The summed E-state index contributed by atoms with van der Waals surface area (Å²) in [6, 6.07) is 6.18. The zero-order valence-electron chi connectivity index (χ0n) is 9.36. The van der Waals surface area contributed by atoms with Crippen LogP contribution in [-0.2, 0) is 6.61 Å². The summed E-state index contributed by atoms with van der Waals surface area (Å²) in [6.45, 7) is 4.88. The average molecular weight is 215 g/mol. The Morgan fingerprint density at radius 3 is 3.00 bits per heavy atom. The van der Waals surface area contributed by atoms with Crippen LogP contribution < -0.4 is 4.74 Å². The van der Waals surface area contributed by atoms with E-state index in [0.29, 0.717) is 12.5 Å². The van der Waals surface area contributed by atoms with E-state index in [-0.39, 0.29) is 0 Å². The van der Waals surface area contributed by atoms with Gasteiger partial charge in [0.05, 0.1) is 5.56 Å². The molecule has 82 valence electrons. The van der Waals surface area contributed by atoms with Crippen LogP contribution in [0.2, 0.25) is 0 Å². The fourth-order valence-corrected chi connectivity index (χ4v) is 2.09. The molecule has 0 fully saturated rings. The minimum Gasteiger partial charge on any atom is -0.488 e. The topological polar surface area (TPSA) is 35.3 Å². The Labute approximate surface area is 94.0 Å². The molecule has 0 radical (unpaired) electrons. The molecule has 0 aliphatic carbocycles. The van der Waals surface area contributed by atoms with Crippen molar-refractivity contribution in [3.63, 3.8) is 0 Å². The van der Waals surface area contributed by atoms with Crippen LogP contribution in [0.25, 0.3) is 11.3 Å². The van der Waals surface area contributed by atoms with Gasteiger partial charge in [-0.1, -0.05) is 31.1 Å². The maximum atomic E-state index is 5.80. The van der Waals surface area contributed by atoms with E-state index in [4.69, 9.17) is 9.26 Å². The van der Waals surface area contributed by atoms with Crippen molar-refractivity contribution in [1.29, 1.82) is 0 Å². The summed E-state index contributed by atoms with van der Waals surface area (Å²) in [4.78, 5) is 0. The first-order valence-corrected chi connectivity index (χ1v) is 5.46. The van der Waals surface area contributed by atoms with Gasteiger partial charge in [0.2, 0.25) is 0 Å². The van der Waals surface area contributed by atoms with Gasteiger partial charge in [-0.3, -0.25) is 0 Å². The molecule has 1 aromatic carbocycles. The third kappa shape index (κ3) is 1.24. The molecule has 0 bridgehead atoms. The second kappa shape index (κ2) is 3.37. The first-order valence-electron chi connectivity index (χ1n) is 5.46. The zero-order chi connectivity index (χ0) is 11.1. The summed E-state index contributed by atoms with van der Waals surface area (Å²) in [5.74, 6) is 1.40. The molecule has 0 saturated heterocycles. The number of benzene rings is 1. The van der Waals surface area contributed by atoms with E-state index in [1.54, 1.807) is 6.26 Å². The van der Waals surface area contributed by atoms with E-state index in [0.717, 1.165) is 22.6 Å². The average Bonchev–Trinajstić information content (AvgIpc) is 2.76. The molecule has 2 aromatic rings. The summed E-state index contributed by atoms with van der Waals surface area (Å²) in [6.07, 6.45) is 1.65. The largest absolute Gasteiger partial charge is 0.488 e. The number of fused-ring (bicyclic) bond motifs is 3. The summed E-state index contributed by atoms with van der Waals surface area (Å²) < 4.78 is 10.8. The van der Waals surface area contributed by atoms with Crippen LogP contribution in [0.5, 0.6) is 5.75 Å². The van der Waals surface area contributed by atoms with E-state index in [9.17, 15) is 0 Å². The number of hydrogen-bond acceptors (Lipinski definition) is 3. The first kappa shape index (κ1) is 9.46. The monoisotopic (exact) mass is 215 g/mol. The van der Waals surface area contributed by atoms with Gasteiger partial charge < -0.3 is 9.26 Å². The predicted molar refractivity (Wildman–Crippen MR) is 60.4 cm³/mol. The van der Waals surface area contributed by atoms with Crippen LogP contribution in [0.3, 0.4) is 0 Å². The van der Waals surface area contributed by atoms with Gasteiger partial charge in [0.1, 0.15) is 24.3 Å². The fraction of sp³-hybridized carbons (Fsp3) is 0.308. The molecule has 1 aromatic heterocycles. The number of para-hydroxylation sites is 1. The quantitative estimate of drug-likeness (QED) is 0.731. The molecule has 2 heterocycles. The van der Waals surface area contributed by atoms with Crippen LogP contribution in [0.4, 0.5) is 0 Å². The minimum atomic E-state index is 0.448. The van der Waals surface area contributed by atoms with Gasteiger partial charge in [-0.2, -0.15) is 0 Å². The summed E-state index contributed by atoms with van der Waals surface area (Å²) in [5.41, 5.74) is 4.21. The molecule has 3 rings (SSSR count). The van der Waals surface area contributed by atoms with Gasteiger partial charge in [-0.15, -0.1) is 0 Å². The Morgan fingerprint density at radius 2 is 2.19 bits per heavy atom. The molecule has 0 N–H and O–H groups in total. The predicted octanol–water partition coefficient (Wildman–Crippen LogP) is 3.36. The van der Waals surface area contributed by atoms with Crippen molar-refractivity contribution in [2.75, 3.05) is 0 Å². The second-order valence-electron chi connectivity index (χ2n) is 4.36. The Morgan fingerprint density at radius 1 is 1.31 bits per heavy atom. The van der Waals surface area contributed by atoms with Crippen molar-refractivity contribution in [1.82, 2.24) is 5.16 Å². The van der Waals surface area contributed by atoms with Crippen molar-refractivity contribution in [2.45, 2.75) is 26.4 Å². The van der Waals surface area contributed by atoms with Crippen molar-refractivity contribution in [3.8, 4) is 17.0 Å². The van der Waals surface area contributed by atoms with Crippen LogP contribution in [0.15, 0.2) is 29.0 Å². The molecule has 0 saturated carbocycles. The molecule has 1 aliphatic heterocycles. The van der Waals surface area contributed by atoms with Gasteiger partial charge in [-0.25, -0.2) is 0 Å². The lowest BCUT2D eigenvalue weighted by Crippen LogP contribution is -2.07. The molecular formula is C13H13NO2. The maximum Gasteiger partial charge on any atom is 0.132 e. The van der Waals surface area contributed by atoms with Gasteiger partial charge in [0.25, 0.3) is 0 Å². The standard InChI is InChI=1S/C13H13NO2/c1-8(2)10-4-3-5-11-12-9(7-16-14-12)6-15-13(10)11/h3-5,7-8H,6H2,1-2H3. The van der Waals surface area contributed by atoms with Crippen molar-refractivity contribution < 1.29 is 9.26 Å². The summed E-state index contributed by atoms with van der Waals surface area (Å²) in [5, 5.41) is 4.04. The maximum absolute atomic E-state index is 5.80. The van der Waals surface area contributed by atoms with E-state index in [1.807, 2.05) is 12.1 Å². The van der Waals surface area contributed by atoms with Gasteiger partial charge in [0.15, 0.2) is 0 Å². The second-order valence-corrected chi connectivity index (χ2v) is 4.36. The molecule has 1 aliphatic rings. The summed E-state index contributed by atoms with van der Waals surface area (Å²) >= 11 is 0. The highest BCUT2D eigenvalue weighted by atomic mass is 16.5. The Balaban J connectivity index is 2.24. The van der Waals surface area contributed by atoms with Gasteiger partial charge in [0, 0.05) is 5.56 Å². The van der Waals surface area contributed by atoms with Gasteiger partial charge >= 0.3 is 0 Å². The molecule has 3 heteroatoms. The summed E-state index contributed by atoms with van der Waals surface area (Å²) in [7, 11) is 0. The highest BCUT2D eigenvalue weighted by Gasteiger charge is 2.23. The van der Waals surface area contributed by atoms with E-state index < -0.39 is 0 Å². The lowest BCUT2D eigenvalue weighted by Gasteiger charge is -2.20. The van der Waals surface area contributed by atoms with Crippen molar-refractivity contribution in [3.05, 3.63) is 35.6 Å². The van der Waals surface area contributed by atoms with Crippen molar-refractivity contribution in [2.24, 2.45) is 0 Å². The molecule has 0 atom stereocenters. The zero-order valence-corrected chi connectivity index (χ0v) is 9.36. The SMILES string of the molecule is CC(C)c1cccc2c1OCc1conc1-2. The third-order valence-corrected chi connectivity index (χ3v) is 2.94. The highest BCUT2D eigenvalue weighted by Crippen LogP contribution is 2.41. The van der Waals surface area contributed by atoms with E-state index in [2.05, 4.69) is 25.1 Å². The molecule has 0 unspecified atom stereocenters. The van der Waals surface area contributed by atoms with E-state index >= 15 is 0 Å². The Kier molecular flexibility index (Phi) is 1.99. The number of rotatable bonds is 1. The number of aromatic nitrogens is 1. The molecule has 0 amide bonds.